The van der Waals surface area contributed by atoms with E-state index in [-0.39, 0.29) is 12.0 Å². The standard InChI is InChI=1S/C6H4.C5H8Cl2O/c1-2-6-4-3-5(1)6;1-3-4(8-2)5(3,6)7/h1-4H;3-4H,1-2H3. The second-order valence-electron chi connectivity index (χ2n) is 3.70. The summed E-state index contributed by atoms with van der Waals surface area (Å²) in [5, 5.41) is 2.85. The minimum absolute atomic E-state index is 0.0471. The van der Waals surface area contributed by atoms with E-state index in [0.717, 1.165) is 0 Å². The van der Waals surface area contributed by atoms with Crippen LogP contribution < -0.4 is 0 Å². The third-order valence-corrected chi connectivity index (χ3v) is 3.92. The molecule has 0 spiro atoms. The van der Waals surface area contributed by atoms with Gasteiger partial charge in [-0.15, -0.1) is 0 Å². The molecule has 0 aromatic rings. The lowest BCUT2D eigenvalue weighted by Crippen LogP contribution is -1.96. The fourth-order valence-electron chi connectivity index (χ4n) is 1.47. The second kappa shape index (κ2) is 3.41. The van der Waals surface area contributed by atoms with Crippen molar-refractivity contribution in [2.45, 2.75) is 17.4 Å². The van der Waals surface area contributed by atoms with Crippen molar-refractivity contribution in [1.82, 2.24) is 0 Å². The monoisotopic (exact) mass is 230 g/mol. The van der Waals surface area contributed by atoms with Gasteiger partial charge in [0.2, 0.25) is 0 Å². The molecule has 0 heterocycles. The third kappa shape index (κ3) is 1.54. The highest BCUT2D eigenvalue weighted by Gasteiger charge is 2.61. The van der Waals surface area contributed by atoms with Crippen LogP contribution in [0.5, 0.6) is 0 Å². The zero-order valence-corrected chi connectivity index (χ0v) is 9.64. The summed E-state index contributed by atoms with van der Waals surface area (Å²) >= 11 is 11.4. The number of hydrogen-bond acceptors (Lipinski definition) is 1. The summed E-state index contributed by atoms with van der Waals surface area (Å²) in [6.07, 6.45) is 0.0471. The molecule has 14 heavy (non-hydrogen) atoms. The van der Waals surface area contributed by atoms with Gasteiger partial charge in [0.25, 0.3) is 0 Å². The highest BCUT2D eigenvalue weighted by atomic mass is 35.5. The van der Waals surface area contributed by atoms with E-state index in [0.29, 0.717) is 0 Å². The molecule has 0 aliphatic heterocycles. The molecule has 1 saturated carbocycles. The van der Waals surface area contributed by atoms with E-state index >= 15 is 0 Å². The first-order valence-corrected chi connectivity index (χ1v) is 5.34. The van der Waals surface area contributed by atoms with Crippen LogP contribution in [0.15, 0.2) is 24.3 Å². The average Bonchev–Trinajstić information content (AvgIpc) is 2.60. The van der Waals surface area contributed by atoms with Gasteiger partial charge >= 0.3 is 0 Å². The maximum Gasteiger partial charge on any atom is 0.149 e. The first-order chi connectivity index (χ1) is 6.57. The molecule has 2 unspecified atom stereocenters. The predicted molar refractivity (Wildman–Crippen MR) is 58.5 cm³/mol. The Hall–Kier alpha value is -0.240. The van der Waals surface area contributed by atoms with Crippen molar-refractivity contribution in [3.63, 3.8) is 0 Å². The Morgan fingerprint density at radius 1 is 1.14 bits per heavy atom. The van der Waals surface area contributed by atoms with Gasteiger partial charge in [-0.25, -0.2) is 0 Å². The first kappa shape index (κ1) is 10.3. The van der Waals surface area contributed by atoms with Gasteiger partial charge in [0.15, 0.2) is 0 Å². The highest BCUT2D eigenvalue weighted by Crippen LogP contribution is 2.54. The fraction of sp³-hybridized carbons (Fsp3) is 0.455. The van der Waals surface area contributed by atoms with Crippen molar-refractivity contribution in [2.75, 3.05) is 7.11 Å². The Bertz CT molecular complexity index is 377. The van der Waals surface area contributed by atoms with E-state index < -0.39 is 4.33 Å². The number of methoxy groups -OCH3 is 1. The Morgan fingerprint density at radius 2 is 1.50 bits per heavy atom. The van der Waals surface area contributed by atoms with Gasteiger partial charge in [-0.3, -0.25) is 0 Å². The van der Waals surface area contributed by atoms with E-state index in [4.69, 9.17) is 27.9 Å². The Morgan fingerprint density at radius 3 is 1.50 bits per heavy atom. The summed E-state index contributed by atoms with van der Waals surface area (Å²) in [5.74, 6) is 0.288. The summed E-state index contributed by atoms with van der Waals surface area (Å²) in [6, 6.07) is 8.48. The van der Waals surface area contributed by atoms with Crippen molar-refractivity contribution >= 4 is 23.2 Å². The number of halogens is 2. The molecule has 0 radical (unpaired) electrons. The number of ether oxygens (including phenoxy) is 1. The van der Waals surface area contributed by atoms with E-state index in [9.17, 15) is 0 Å². The molecule has 0 N–H and O–H groups in total. The largest absolute Gasteiger partial charge is 0.378 e. The minimum Gasteiger partial charge on any atom is -0.378 e. The van der Waals surface area contributed by atoms with Crippen LogP contribution in [0.2, 0.25) is 0 Å². The highest BCUT2D eigenvalue weighted by molar-refractivity contribution is 6.51. The van der Waals surface area contributed by atoms with Gasteiger partial charge in [-0.1, -0.05) is 54.4 Å². The molecular formula is C11H12Cl2O. The topological polar surface area (TPSA) is 9.23 Å². The zero-order valence-electron chi connectivity index (χ0n) is 8.13. The summed E-state index contributed by atoms with van der Waals surface area (Å²) in [7, 11) is 1.62. The minimum atomic E-state index is -0.602. The molecule has 1 nitrogen and oxygen atoms in total. The van der Waals surface area contributed by atoms with Crippen molar-refractivity contribution in [3.05, 3.63) is 34.7 Å². The van der Waals surface area contributed by atoms with Crippen molar-refractivity contribution in [1.29, 1.82) is 0 Å². The number of rotatable bonds is 1. The van der Waals surface area contributed by atoms with Crippen LogP contribution in [-0.2, 0) is 4.74 Å². The Labute approximate surface area is 93.3 Å². The van der Waals surface area contributed by atoms with Crippen LogP contribution in [0.4, 0.5) is 0 Å². The first-order valence-electron chi connectivity index (χ1n) is 4.58. The Balaban J connectivity index is 0.000000110. The van der Waals surface area contributed by atoms with Crippen LogP contribution in [0.3, 0.4) is 0 Å². The van der Waals surface area contributed by atoms with Gasteiger partial charge in [0, 0.05) is 13.0 Å². The van der Waals surface area contributed by atoms with E-state index in [2.05, 4.69) is 24.3 Å². The maximum absolute atomic E-state index is 5.70. The maximum atomic E-state index is 5.70. The molecule has 0 bridgehead atoms. The average molecular weight is 231 g/mol. The van der Waals surface area contributed by atoms with Crippen molar-refractivity contribution in [2.24, 2.45) is 5.92 Å². The van der Waals surface area contributed by atoms with Crippen LogP contribution in [0.1, 0.15) is 6.92 Å². The van der Waals surface area contributed by atoms with Gasteiger partial charge < -0.3 is 4.74 Å². The summed E-state index contributed by atoms with van der Waals surface area (Å²) in [6.45, 7) is 1.97. The normalized spacial score (nSPS) is 28.9. The van der Waals surface area contributed by atoms with Crippen LogP contribution in [-0.4, -0.2) is 17.5 Å². The lowest BCUT2D eigenvalue weighted by Gasteiger charge is -1.95. The molecule has 76 valence electrons. The van der Waals surface area contributed by atoms with Crippen molar-refractivity contribution < 1.29 is 4.74 Å². The molecule has 3 aliphatic rings. The van der Waals surface area contributed by atoms with Crippen LogP contribution >= 0.6 is 23.2 Å². The zero-order chi connectivity index (χ0) is 10.3. The lowest BCUT2D eigenvalue weighted by molar-refractivity contribution is 0.170. The van der Waals surface area contributed by atoms with Crippen LogP contribution in [0, 0.1) is 16.4 Å². The predicted octanol–water partition coefficient (Wildman–Crippen LogP) is 3.11. The lowest BCUT2D eigenvalue weighted by atomic mass is 10.1. The molecule has 1 fully saturated rings. The van der Waals surface area contributed by atoms with E-state index in [1.165, 1.54) is 10.4 Å². The van der Waals surface area contributed by atoms with E-state index in [1.807, 2.05) is 6.92 Å². The van der Waals surface area contributed by atoms with Gasteiger partial charge in [0.05, 0.1) is 6.10 Å². The quantitative estimate of drug-likeness (QED) is 0.685. The van der Waals surface area contributed by atoms with Crippen molar-refractivity contribution in [3.8, 4) is 0 Å². The molecule has 3 aliphatic carbocycles. The molecule has 3 heteroatoms. The molecular weight excluding hydrogens is 219 g/mol. The molecule has 0 aromatic heterocycles. The molecule has 0 saturated heterocycles. The third-order valence-electron chi connectivity index (χ3n) is 2.80. The fourth-order valence-corrected chi connectivity index (χ4v) is 2.13. The summed E-state index contributed by atoms with van der Waals surface area (Å²) < 4.78 is 4.32. The molecule has 0 aromatic carbocycles. The van der Waals surface area contributed by atoms with E-state index in [1.54, 1.807) is 7.11 Å². The number of hydrogen-bond donors (Lipinski definition) is 0. The second-order valence-corrected chi connectivity index (χ2v) is 5.14. The van der Waals surface area contributed by atoms with Gasteiger partial charge in [-0.05, 0) is 10.4 Å². The Kier molecular flexibility index (Phi) is 2.50. The van der Waals surface area contributed by atoms with Gasteiger partial charge in [-0.2, -0.15) is 0 Å². The summed E-state index contributed by atoms with van der Waals surface area (Å²) in [4.78, 5) is 0. The SMILES string of the molecule is COC1C(C)C1(Cl)Cl.c1cc2ccc1=2. The number of benzene rings is 1. The van der Waals surface area contributed by atoms with Crippen LogP contribution in [0.25, 0.3) is 0 Å². The number of alkyl halides is 2. The molecule has 2 atom stereocenters. The molecule has 0 amide bonds. The molecule has 3 rings (SSSR count). The van der Waals surface area contributed by atoms with Gasteiger partial charge in [0.1, 0.15) is 4.33 Å². The summed E-state index contributed by atoms with van der Waals surface area (Å²) in [5.41, 5.74) is 0. The smallest absolute Gasteiger partial charge is 0.149 e.